The van der Waals surface area contributed by atoms with Crippen LogP contribution in [0, 0.1) is 45.3 Å². The van der Waals surface area contributed by atoms with Gasteiger partial charge in [-0.15, -0.1) is 0 Å². The van der Waals surface area contributed by atoms with Crippen LogP contribution < -0.4 is 0 Å². The first-order chi connectivity index (χ1) is 15.7. The Bertz CT molecular complexity index is 892. The summed E-state index contributed by atoms with van der Waals surface area (Å²) < 4.78 is 19.0. The van der Waals surface area contributed by atoms with Crippen molar-refractivity contribution in [3.8, 4) is 0 Å². The van der Waals surface area contributed by atoms with E-state index in [-0.39, 0.29) is 33.2 Å². The molecule has 0 N–H and O–H groups in total. The molecule has 0 aromatic rings. The van der Waals surface area contributed by atoms with Gasteiger partial charge in [0, 0.05) is 23.2 Å². The van der Waals surface area contributed by atoms with Crippen LogP contribution >= 0.6 is 0 Å². The van der Waals surface area contributed by atoms with Gasteiger partial charge in [0.2, 0.25) is 0 Å². The van der Waals surface area contributed by atoms with Gasteiger partial charge in [0.1, 0.15) is 10.5 Å². The zero-order valence-electron chi connectivity index (χ0n) is 23.2. The van der Waals surface area contributed by atoms with E-state index in [1.165, 1.54) is 18.4 Å². The van der Waals surface area contributed by atoms with E-state index in [2.05, 4.69) is 61.5 Å². The van der Waals surface area contributed by atoms with Crippen LogP contribution in [-0.2, 0) is 18.7 Å². The Hall–Kier alpha value is -0.493. The summed E-state index contributed by atoms with van der Waals surface area (Å²) in [4.78, 5) is 14.2. The maximum Gasteiger partial charge on any atom is 0.177 e. The monoisotopic (exact) mass is 488 g/mol. The highest BCUT2D eigenvalue weighted by Crippen LogP contribution is 2.73. The second-order valence-corrected chi connectivity index (χ2v) is 14.9. The molecule has 0 aromatic heterocycles. The van der Waals surface area contributed by atoms with Crippen molar-refractivity contribution in [3.05, 3.63) is 11.6 Å². The molecule has 6 atom stereocenters. The summed E-state index contributed by atoms with van der Waals surface area (Å²) in [6.45, 7) is 20.2. The summed E-state index contributed by atoms with van der Waals surface area (Å²) in [7, 11) is 0.731. The molecule has 0 aromatic carbocycles. The summed E-state index contributed by atoms with van der Waals surface area (Å²) in [5, 5.41) is 0. The molecule has 1 aliphatic heterocycles. The first-order valence-corrected chi connectivity index (χ1v) is 14.6. The second kappa shape index (κ2) is 7.52. The van der Waals surface area contributed by atoms with E-state index in [0.717, 1.165) is 36.2 Å². The summed E-state index contributed by atoms with van der Waals surface area (Å²) in [6.07, 6.45) is 8.69. The lowest BCUT2D eigenvalue weighted by Gasteiger charge is -2.65. The average Bonchev–Trinajstić information content (AvgIpc) is 3.39. The molecule has 4 fully saturated rings. The van der Waals surface area contributed by atoms with Crippen LogP contribution in [0.3, 0.4) is 0 Å². The van der Waals surface area contributed by atoms with Crippen molar-refractivity contribution >= 4 is 16.3 Å². The van der Waals surface area contributed by atoms with Crippen LogP contribution in [0.25, 0.3) is 0 Å². The Morgan fingerprint density at radius 2 is 1.59 bits per heavy atom. The lowest BCUT2D eigenvalue weighted by atomic mass is 9.41. The first kappa shape index (κ1) is 25.2. The Morgan fingerprint density at radius 3 is 2.18 bits per heavy atom. The van der Waals surface area contributed by atoms with Crippen LogP contribution in [-0.4, -0.2) is 40.9 Å². The van der Waals surface area contributed by atoms with Gasteiger partial charge in [-0.1, -0.05) is 41.5 Å². The topological polar surface area (TPSA) is 44.8 Å². The summed E-state index contributed by atoms with van der Waals surface area (Å²) >= 11 is 0. The number of ether oxygens (including phenoxy) is 2. The van der Waals surface area contributed by atoms with Crippen LogP contribution in [0.4, 0.5) is 0 Å². The van der Waals surface area contributed by atoms with Gasteiger partial charge in [-0.05, 0) is 86.2 Å². The Labute approximate surface area is 210 Å². The third-order valence-corrected chi connectivity index (χ3v) is 12.9. The molecule has 1 heterocycles. The normalized spacial score (nSPS) is 43.4. The molecule has 3 saturated carbocycles. The van der Waals surface area contributed by atoms with E-state index < -0.39 is 5.79 Å². The van der Waals surface area contributed by atoms with Crippen LogP contribution in [0.1, 0.15) is 93.9 Å². The number of ketones is 1. The van der Waals surface area contributed by atoms with E-state index in [4.69, 9.17) is 13.9 Å². The maximum atomic E-state index is 14.2. The molecule has 5 rings (SSSR count). The second-order valence-electron chi connectivity index (χ2n) is 14.5. The number of carbonyl (C=O) groups excluding carboxylic acids is 1. The van der Waals surface area contributed by atoms with Gasteiger partial charge in [-0.2, -0.15) is 0 Å². The minimum atomic E-state index is -0.572. The molecule has 0 amide bonds. The van der Waals surface area contributed by atoms with E-state index in [0.29, 0.717) is 36.8 Å². The smallest absolute Gasteiger partial charge is 0.177 e. The molecule has 34 heavy (non-hydrogen) atoms. The molecule has 0 unspecified atom stereocenters. The molecule has 0 bridgehead atoms. The van der Waals surface area contributed by atoms with Crippen molar-refractivity contribution < 1.29 is 18.7 Å². The molecule has 192 valence electrons. The Morgan fingerprint density at radius 1 is 0.941 bits per heavy atom. The molecule has 1 saturated heterocycles. The van der Waals surface area contributed by atoms with Crippen LogP contribution in [0.15, 0.2) is 11.6 Å². The van der Waals surface area contributed by atoms with Gasteiger partial charge >= 0.3 is 0 Å². The SMILES string of the molecule is CC(C)(C)[C@H]1CC[C@H]2[C@@H]3C(=O)C=C4C(C)(C)C5(CC[C@]4(C)[C@H]3CC[C@]12C(C)(C)O[SiH3])OCCO5. The van der Waals surface area contributed by atoms with Crippen molar-refractivity contribution in [1.82, 2.24) is 0 Å². The number of rotatable bonds is 2. The van der Waals surface area contributed by atoms with Crippen molar-refractivity contribution in [2.45, 2.75) is 105 Å². The molecule has 5 heteroatoms. The lowest BCUT2D eigenvalue weighted by Crippen LogP contribution is -2.64. The standard InChI is InChI=1S/C29H48O4Si/c1-24(2,3)21-10-9-19-23-18(11-12-28(19,21)26(6,7)33-34)27(8)13-14-29(31-15-16-32-29)25(4,5)22(27)17-20(23)30/h17-19,21,23H,9-16H2,1-8,34H3/t18-,19-,21+,23+,27+,28+/m0/s1. The minimum absolute atomic E-state index is 0.0284. The zero-order chi connectivity index (χ0) is 24.9. The van der Waals surface area contributed by atoms with E-state index >= 15 is 0 Å². The fraction of sp³-hybridized carbons (Fsp3) is 0.897. The predicted octanol–water partition coefficient (Wildman–Crippen LogP) is 5.23. The third kappa shape index (κ3) is 2.96. The lowest BCUT2D eigenvalue weighted by molar-refractivity contribution is -0.247. The summed E-state index contributed by atoms with van der Waals surface area (Å²) in [5.41, 5.74) is 1.09. The van der Waals surface area contributed by atoms with Crippen molar-refractivity contribution in [1.29, 1.82) is 0 Å². The Kier molecular flexibility index (Phi) is 5.57. The summed E-state index contributed by atoms with van der Waals surface area (Å²) in [5.74, 6) is 1.29. The van der Waals surface area contributed by atoms with Crippen LogP contribution in [0.2, 0.25) is 0 Å². The fourth-order valence-corrected chi connectivity index (χ4v) is 10.6. The fourth-order valence-electron chi connectivity index (χ4n) is 10.2. The van der Waals surface area contributed by atoms with Gasteiger partial charge in [-0.25, -0.2) is 0 Å². The number of carbonyl (C=O) groups is 1. The first-order valence-electron chi connectivity index (χ1n) is 13.8. The minimum Gasteiger partial charge on any atom is -0.422 e. The zero-order valence-corrected chi connectivity index (χ0v) is 25.2. The van der Waals surface area contributed by atoms with Gasteiger partial charge in [0.15, 0.2) is 11.6 Å². The highest BCUT2D eigenvalue weighted by atomic mass is 28.2. The molecular formula is C29H48O4Si. The van der Waals surface area contributed by atoms with Gasteiger partial charge < -0.3 is 13.9 Å². The quantitative estimate of drug-likeness (QED) is 0.500. The third-order valence-electron chi connectivity index (χ3n) is 11.9. The summed E-state index contributed by atoms with van der Waals surface area (Å²) in [6, 6.07) is 0. The number of hydrogen-bond donors (Lipinski definition) is 0. The van der Waals surface area contributed by atoms with E-state index in [9.17, 15) is 4.79 Å². The van der Waals surface area contributed by atoms with Crippen molar-refractivity contribution in [2.24, 2.45) is 45.3 Å². The highest BCUT2D eigenvalue weighted by molar-refractivity contribution is 5.98. The number of allylic oxidation sites excluding steroid dienone is 1. The maximum absolute atomic E-state index is 14.2. The Balaban J connectivity index is 1.61. The van der Waals surface area contributed by atoms with Crippen LogP contribution in [0.5, 0.6) is 0 Å². The molecule has 5 aliphatic rings. The van der Waals surface area contributed by atoms with Gasteiger partial charge in [0.25, 0.3) is 0 Å². The molecule has 4 nitrogen and oxygen atoms in total. The molecule has 0 radical (unpaired) electrons. The average molecular weight is 489 g/mol. The molecule has 1 spiro atoms. The van der Waals surface area contributed by atoms with E-state index in [1.807, 2.05) is 0 Å². The van der Waals surface area contributed by atoms with Gasteiger partial charge in [0.05, 0.1) is 18.8 Å². The predicted molar refractivity (Wildman–Crippen MR) is 138 cm³/mol. The van der Waals surface area contributed by atoms with E-state index in [1.54, 1.807) is 0 Å². The van der Waals surface area contributed by atoms with Crippen molar-refractivity contribution in [2.75, 3.05) is 13.2 Å². The molecule has 4 aliphatic carbocycles. The van der Waals surface area contributed by atoms with Crippen molar-refractivity contribution in [3.63, 3.8) is 0 Å². The molecular weight excluding hydrogens is 440 g/mol. The van der Waals surface area contributed by atoms with Gasteiger partial charge in [-0.3, -0.25) is 4.79 Å². The number of fused-ring (bicyclic) bond motifs is 5. The highest BCUT2D eigenvalue weighted by Gasteiger charge is 2.70. The number of hydrogen-bond acceptors (Lipinski definition) is 4. The largest absolute Gasteiger partial charge is 0.422 e.